The molecule has 1 aliphatic heterocycles. The van der Waals surface area contributed by atoms with Gasteiger partial charge in [-0.1, -0.05) is 58.7 Å². The predicted octanol–water partition coefficient (Wildman–Crippen LogP) is 6.57. The van der Waals surface area contributed by atoms with E-state index < -0.39 is 17.7 Å². The highest BCUT2D eigenvalue weighted by Gasteiger charge is 2.47. The van der Waals surface area contributed by atoms with Crippen LogP contribution in [0.1, 0.15) is 69.7 Å². The second-order valence-corrected chi connectivity index (χ2v) is 10.3. The number of aromatic nitrogens is 1. The Balaban J connectivity index is 1.73. The zero-order chi connectivity index (χ0) is 26.6. The van der Waals surface area contributed by atoms with Crippen LogP contribution in [0.25, 0.3) is 5.76 Å². The van der Waals surface area contributed by atoms with E-state index in [-0.39, 0.29) is 16.7 Å². The summed E-state index contributed by atoms with van der Waals surface area (Å²) in [6, 6.07) is 17.3. The first-order valence-corrected chi connectivity index (χ1v) is 12.8. The molecule has 6 nitrogen and oxygen atoms in total. The lowest BCUT2D eigenvalue weighted by Gasteiger charge is -2.26. The summed E-state index contributed by atoms with van der Waals surface area (Å²) in [6.45, 7) is 9.11. The highest BCUT2D eigenvalue weighted by Crippen LogP contribution is 2.42. The number of rotatable bonds is 8. The van der Waals surface area contributed by atoms with Gasteiger partial charge in [0.15, 0.2) is 0 Å². The summed E-state index contributed by atoms with van der Waals surface area (Å²) < 4.78 is 5.77. The average Bonchev–Trinajstić information content (AvgIpc) is 3.17. The van der Waals surface area contributed by atoms with Crippen molar-refractivity contribution >= 4 is 23.1 Å². The van der Waals surface area contributed by atoms with Gasteiger partial charge in [0.1, 0.15) is 11.5 Å². The molecule has 1 aromatic heterocycles. The van der Waals surface area contributed by atoms with Gasteiger partial charge < -0.3 is 9.84 Å². The summed E-state index contributed by atoms with van der Waals surface area (Å²) in [5, 5.41) is 11.3. The first-order valence-electron chi connectivity index (χ1n) is 12.8. The van der Waals surface area contributed by atoms with Gasteiger partial charge in [-0.3, -0.25) is 19.5 Å². The molecule has 2 aromatic carbocycles. The standard InChI is InChI=1S/C31H34N2O4/c1-5-6-7-19-37-25-16-10-21(11-17-25)28(34)26-27(22-9-8-18-32-20-22)33(30(36)29(26)35)24-14-12-23(13-15-24)31(2,3)4/h8-18,20,27,34H,5-7,19H2,1-4H3/b28-26+. The van der Waals surface area contributed by atoms with Crippen molar-refractivity contribution in [3.63, 3.8) is 0 Å². The molecule has 4 rings (SSSR count). The summed E-state index contributed by atoms with van der Waals surface area (Å²) in [7, 11) is 0. The normalized spacial score (nSPS) is 17.3. The Morgan fingerprint density at radius 1 is 1.00 bits per heavy atom. The quantitative estimate of drug-likeness (QED) is 0.164. The number of Topliss-reactive ketones (excluding diaryl/α,β-unsaturated/α-hetero) is 1. The van der Waals surface area contributed by atoms with Crippen LogP contribution in [0.4, 0.5) is 5.69 Å². The van der Waals surface area contributed by atoms with Crippen LogP contribution in [0.3, 0.4) is 0 Å². The zero-order valence-electron chi connectivity index (χ0n) is 21.9. The first kappa shape index (κ1) is 26.1. The van der Waals surface area contributed by atoms with E-state index in [1.165, 1.54) is 4.90 Å². The highest BCUT2D eigenvalue weighted by atomic mass is 16.5. The number of ketones is 1. The lowest BCUT2D eigenvalue weighted by molar-refractivity contribution is -0.132. The van der Waals surface area contributed by atoms with Gasteiger partial charge in [-0.15, -0.1) is 0 Å². The largest absolute Gasteiger partial charge is 0.507 e. The fourth-order valence-corrected chi connectivity index (χ4v) is 4.48. The molecule has 6 heteroatoms. The molecule has 1 unspecified atom stereocenters. The van der Waals surface area contributed by atoms with E-state index in [0.29, 0.717) is 29.2 Å². The summed E-state index contributed by atoms with van der Waals surface area (Å²) in [6.07, 6.45) is 6.45. The van der Waals surface area contributed by atoms with E-state index in [9.17, 15) is 14.7 Å². The molecule has 3 aromatic rings. The Bertz CT molecular complexity index is 1270. The van der Waals surface area contributed by atoms with Gasteiger partial charge in [-0.05, 0) is 65.4 Å². The van der Waals surface area contributed by atoms with E-state index in [2.05, 4.69) is 32.7 Å². The van der Waals surface area contributed by atoms with Crippen LogP contribution in [0.15, 0.2) is 78.6 Å². The van der Waals surface area contributed by atoms with Crippen molar-refractivity contribution in [3.05, 3.63) is 95.3 Å². The maximum absolute atomic E-state index is 13.3. The summed E-state index contributed by atoms with van der Waals surface area (Å²) in [5.41, 5.74) is 2.76. The van der Waals surface area contributed by atoms with E-state index in [0.717, 1.165) is 24.8 Å². The number of carbonyl (C=O) groups excluding carboxylic acids is 2. The zero-order valence-corrected chi connectivity index (χ0v) is 21.9. The molecule has 2 heterocycles. The minimum absolute atomic E-state index is 0.0366. The molecule has 1 atom stereocenters. The molecule has 0 saturated carbocycles. The van der Waals surface area contributed by atoms with Crippen LogP contribution >= 0.6 is 0 Å². The number of amides is 1. The Labute approximate surface area is 218 Å². The molecular formula is C31H34N2O4. The third-order valence-corrected chi connectivity index (χ3v) is 6.60. The SMILES string of the molecule is CCCCCOc1ccc(/C(O)=C2\C(=O)C(=O)N(c3ccc(C(C)(C)C)cc3)C2c2cccnc2)cc1. The van der Waals surface area contributed by atoms with Crippen molar-refractivity contribution in [2.75, 3.05) is 11.5 Å². The molecule has 0 bridgehead atoms. The van der Waals surface area contributed by atoms with E-state index >= 15 is 0 Å². The Hall–Kier alpha value is -3.93. The lowest BCUT2D eigenvalue weighted by atomic mass is 9.87. The summed E-state index contributed by atoms with van der Waals surface area (Å²) in [4.78, 5) is 32.3. The molecule has 0 aliphatic carbocycles. The average molecular weight is 499 g/mol. The Morgan fingerprint density at radius 2 is 1.70 bits per heavy atom. The van der Waals surface area contributed by atoms with Crippen molar-refractivity contribution < 1.29 is 19.4 Å². The highest BCUT2D eigenvalue weighted by molar-refractivity contribution is 6.51. The third kappa shape index (κ3) is 5.58. The molecule has 1 saturated heterocycles. The number of anilines is 1. The van der Waals surface area contributed by atoms with Gasteiger partial charge in [0.2, 0.25) is 0 Å². The van der Waals surface area contributed by atoms with Gasteiger partial charge in [-0.2, -0.15) is 0 Å². The number of unbranched alkanes of at least 4 members (excludes halogenated alkanes) is 2. The van der Waals surface area contributed by atoms with Crippen molar-refractivity contribution in [2.45, 2.75) is 58.4 Å². The maximum atomic E-state index is 13.3. The summed E-state index contributed by atoms with van der Waals surface area (Å²) in [5.74, 6) is -0.949. The van der Waals surface area contributed by atoms with Crippen LogP contribution in [-0.4, -0.2) is 28.4 Å². The van der Waals surface area contributed by atoms with Crippen molar-refractivity contribution in [1.29, 1.82) is 0 Å². The van der Waals surface area contributed by atoms with Crippen molar-refractivity contribution in [1.82, 2.24) is 4.98 Å². The van der Waals surface area contributed by atoms with Crippen LogP contribution in [0.2, 0.25) is 0 Å². The van der Waals surface area contributed by atoms with Gasteiger partial charge in [0, 0.05) is 23.6 Å². The fourth-order valence-electron chi connectivity index (χ4n) is 4.48. The molecule has 1 N–H and O–H groups in total. The molecular weight excluding hydrogens is 464 g/mol. The summed E-state index contributed by atoms with van der Waals surface area (Å²) >= 11 is 0. The first-order chi connectivity index (χ1) is 17.7. The molecule has 0 spiro atoms. The monoisotopic (exact) mass is 498 g/mol. The number of ether oxygens (including phenoxy) is 1. The number of hydrogen-bond donors (Lipinski definition) is 1. The topological polar surface area (TPSA) is 79.7 Å². The smallest absolute Gasteiger partial charge is 0.300 e. The second kappa shape index (κ2) is 11.0. The number of benzene rings is 2. The maximum Gasteiger partial charge on any atom is 0.300 e. The molecule has 37 heavy (non-hydrogen) atoms. The van der Waals surface area contributed by atoms with Crippen molar-refractivity contribution in [2.24, 2.45) is 0 Å². The van der Waals surface area contributed by atoms with E-state index in [1.807, 2.05) is 24.3 Å². The molecule has 0 radical (unpaired) electrons. The lowest BCUT2D eigenvalue weighted by Crippen LogP contribution is -2.29. The molecule has 192 valence electrons. The predicted molar refractivity (Wildman–Crippen MR) is 146 cm³/mol. The minimum Gasteiger partial charge on any atom is -0.507 e. The molecule has 1 aliphatic rings. The van der Waals surface area contributed by atoms with Gasteiger partial charge >= 0.3 is 0 Å². The van der Waals surface area contributed by atoms with Crippen LogP contribution in [0, 0.1) is 0 Å². The molecule has 1 amide bonds. The van der Waals surface area contributed by atoms with E-state index in [4.69, 9.17) is 4.74 Å². The number of aliphatic hydroxyl groups is 1. The molecule has 1 fully saturated rings. The number of hydrogen-bond acceptors (Lipinski definition) is 5. The Kier molecular flexibility index (Phi) is 7.77. The minimum atomic E-state index is -0.806. The van der Waals surface area contributed by atoms with E-state index in [1.54, 1.807) is 48.8 Å². The van der Waals surface area contributed by atoms with Crippen molar-refractivity contribution in [3.8, 4) is 5.75 Å². The van der Waals surface area contributed by atoms with Crippen LogP contribution in [0.5, 0.6) is 5.75 Å². The van der Waals surface area contributed by atoms with Gasteiger partial charge in [0.05, 0.1) is 18.2 Å². The second-order valence-electron chi connectivity index (χ2n) is 10.3. The number of carbonyl (C=O) groups is 2. The number of nitrogens with zero attached hydrogens (tertiary/aromatic N) is 2. The fraction of sp³-hybridized carbons (Fsp3) is 0.323. The van der Waals surface area contributed by atoms with Gasteiger partial charge in [-0.25, -0.2) is 0 Å². The number of aliphatic hydroxyl groups excluding tert-OH is 1. The van der Waals surface area contributed by atoms with Crippen LogP contribution < -0.4 is 9.64 Å². The van der Waals surface area contributed by atoms with Crippen LogP contribution in [-0.2, 0) is 15.0 Å². The Morgan fingerprint density at radius 3 is 2.30 bits per heavy atom. The number of pyridine rings is 1. The third-order valence-electron chi connectivity index (χ3n) is 6.60. The van der Waals surface area contributed by atoms with Gasteiger partial charge in [0.25, 0.3) is 11.7 Å².